The smallest absolute Gasteiger partial charge is 0.225 e. The molecule has 0 N–H and O–H groups in total. The molecule has 1 aliphatic heterocycles. The van der Waals surface area contributed by atoms with Gasteiger partial charge < -0.3 is 4.90 Å². The molecule has 1 aliphatic rings. The Kier molecular flexibility index (Phi) is 4.56. The fraction of sp³-hybridized carbons (Fsp3) is 0.250. The summed E-state index contributed by atoms with van der Waals surface area (Å²) in [5.74, 6) is 0.920. The molecule has 0 saturated carbocycles. The molecule has 5 heteroatoms. The second-order valence-electron chi connectivity index (χ2n) is 7.67. The van der Waals surface area contributed by atoms with Gasteiger partial charge in [0.25, 0.3) is 0 Å². The van der Waals surface area contributed by atoms with Crippen LogP contribution >= 0.6 is 22.9 Å². The number of anilines is 2. The number of halogens is 1. The molecule has 2 aromatic heterocycles. The van der Waals surface area contributed by atoms with Crippen LogP contribution in [0.2, 0.25) is 5.28 Å². The first-order valence-corrected chi connectivity index (χ1v) is 11.2. The van der Waals surface area contributed by atoms with Crippen LogP contribution in [-0.4, -0.2) is 16.0 Å². The van der Waals surface area contributed by atoms with E-state index in [-0.39, 0.29) is 0 Å². The highest BCUT2D eigenvalue weighted by molar-refractivity contribution is 7.19. The molecular formula is C24H22ClN3S. The van der Waals surface area contributed by atoms with Gasteiger partial charge in [0, 0.05) is 22.2 Å². The van der Waals surface area contributed by atoms with Crippen molar-refractivity contribution >= 4 is 44.7 Å². The van der Waals surface area contributed by atoms with E-state index in [9.17, 15) is 0 Å². The van der Waals surface area contributed by atoms with E-state index in [0.29, 0.717) is 11.3 Å². The summed E-state index contributed by atoms with van der Waals surface area (Å²) in [5.41, 5.74) is 6.29. The van der Waals surface area contributed by atoms with Gasteiger partial charge in [-0.05, 0) is 55.5 Å². The lowest BCUT2D eigenvalue weighted by Crippen LogP contribution is -2.25. The molecule has 0 amide bonds. The molecule has 3 heterocycles. The number of benzene rings is 2. The number of para-hydroxylation sites is 1. The molecule has 0 fully saturated rings. The number of rotatable bonds is 3. The SMILES string of the molecule is CCc1sc2nc(Cl)nc(N3c4ccccc4CC3C)c2c1-c1ccc(C)cc1. The van der Waals surface area contributed by atoms with E-state index in [2.05, 4.69) is 79.2 Å². The summed E-state index contributed by atoms with van der Waals surface area (Å²) in [5, 5.41) is 1.42. The average molecular weight is 420 g/mol. The third-order valence-corrected chi connectivity index (χ3v) is 7.07. The Labute approximate surface area is 180 Å². The predicted molar refractivity (Wildman–Crippen MR) is 124 cm³/mol. The Hall–Kier alpha value is -2.43. The van der Waals surface area contributed by atoms with Gasteiger partial charge in [0.05, 0.1) is 5.39 Å². The quantitative estimate of drug-likeness (QED) is 0.336. The first kappa shape index (κ1) is 18.6. The largest absolute Gasteiger partial charge is 0.322 e. The Morgan fingerprint density at radius 2 is 1.86 bits per heavy atom. The lowest BCUT2D eigenvalue weighted by atomic mass is 10.0. The second-order valence-corrected chi connectivity index (χ2v) is 9.09. The van der Waals surface area contributed by atoms with Crippen LogP contribution in [0.5, 0.6) is 0 Å². The highest BCUT2D eigenvalue weighted by Crippen LogP contribution is 2.47. The first-order valence-electron chi connectivity index (χ1n) is 10.00. The zero-order valence-electron chi connectivity index (χ0n) is 16.7. The molecular weight excluding hydrogens is 398 g/mol. The minimum atomic E-state index is 0.309. The summed E-state index contributed by atoms with van der Waals surface area (Å²) in [6.45, 7) is 6.57. The van der Waals surface area contributed by atoms with E-state index >= 15 is 0 Å². The number of nitrogens with zero attached hydrogens (tertiary/aromatic N) is 3. The molecule has 0 radical (unpaired) electrons. The number of hydrogen-bond donors (Lipinski definition) is 0. The van der Waals surface area contributed by atoms with Crippen molar-refractivity contribution in [3.8, 4) is 11.1 Å². The molecule has 4 aromatic rings. The molecule has 3 nitrogen and oxygen atoms in total. The van der Waals surface area contributed by atoms with Crippen LogP contribution in [0.4, 0.5) is 11.5 Å². The van der Waals surface area contributed by atoms with Gasteiger partial charge in [-0.25, -0.2) is 4.98 Å². The van der Waals surface area contributed by atoms with Gasteiger partial charge in [-0.3, -0.25) is 0 Å². The normalized spacial score (nSPS) is 15.9. The van der Waals surface area contributed by atoms with E-state index < -0.39 is 0 Å². The highest BCUT2D eigenvalue weighted by Gasteiger charge is 2.31. The Morgan fingerprint density at radius 3 is 2.62 bits per heavy atom. The zero-order chi connectivity index (χ0) is 20.1. The topological polar surface area (TPSA) is 29.0 Å². The Balaban J connectivity index is 1.83. The summed E-state index contributed by atoms with van der Waals surface area (Å²) in [6.07, 6.45) is 1.96. The standard InChI is InChI=1S/C24H22ClN3S/c1-4-19-20(16-11-9-14(2)10-12-16)21-22(26-24(25)27-23(21)29-19)28-15(3)13-17-7-5-6-8-18(17)28/h5-12,15H,4,13H2,1-3H3. The lowest BCUT2D eigenvalue weighted by molar-refractivity contribution is 0.752. The van der Waals surface area contributed by atoms with Gasteiger partial charge in [-0.15, -0.1) is 11.3 Å². The van der Waals surface area contributed by atoms with Crippen molar-refractivity contribution in [1.29, 1.82) is 0 Å². The molecule has 1 atom stereocenters. The summed E-state index contributed by atoms with van der Waals surface area (Å²) < 4.78 is 0. The number of hydrogen-bond acceptors (Lipinski definition) is 4. The third-order valence-electron chi connectivity index (χ3n) is 5.67. The molecule has 146 valence electrons. The van der Waals surface area contributed by atoms with Gasteiger partial charge in [0.1, 0.15) is 10.6 Å². The van der Waals surface area contributed by atoms with Crippen LogP contribution in [0.3, 0.4) is 0 Å². The molecule has 0 spiro atoms. The van der Waals surface area contributed by atoms with Crippen molar-refractivity contribution < 1.29 is 0 Å². The average Bonchev–Trinajstić information content (AvgIpc) is 3.24. The van der Waals surface area contributed by atoms with E-state index in [1.807, 2.05) is 0 Å². The Morgan fingerprint density at radius 1 is 1.10 bits per heavy atom. The summed E-state index contributed by atoms with van der Waals surface area (Å²) in [4.78, 5) is 14.0. The first-order chi connectivity index (χ1) is 14.1. The van der Waals surface area contributed by atoms with Gasteiger partial charge >= 0.3 is 0 Å². The molecule has 5 rings (SSSR count). The summed E-state index contributed by atoms with van der Waals surface area (Å²) >= 11 is 8.14. The number of aryl methyl sites for hydroxylation is 2. The molecule has 0 bridgehead atoms. The molecule has 0 saturated heterocycles. The van der Waals surface area contributed by atoms with Gasteiger partial charge in [-0.1, -0.05) is 55.0 Å². The summed E-state index contributed by atoms with van der Waals surface area (Å²) in [7, 11) is 0. The Bertz CT molecular complexity index is 1210. The van der Waals surface area contributed by atoms with Crippen molar-refractivity contribution in [2.75, 3.05) is 4.90 Å². The summed E-state index contributed by atoms with van der Waals surface area (Å²) in [6, 6.07) is 17.6. The van der Waals surface area contributed by atoms with Gasteiger partial charge in [-0.2, -0.15) is 4.98 Å². The maximum Gasteiger partial charge on any atom is 0.225 e. The lowest BCUT2D eigenvalue weighted by Gasteiger charge is -2.25. The molecule has 1 unspecified atom stereocenters. The van der Waals surface area contributed by atoms with Gasteiger partial charge in [0.2, 0.25) is 5.28 Å². The van der Waals surface area contributed by atoms with E-state index in [4.69, 9.17) is 16.6 Å². The van der Waals surface area contributed by atoms with Crippen LogP contribution in [0.25, 0.3) is 21.3 Å². The minimum absolute atomic E-state index is 0.309. The number of fused-ring (bicyclic) bond motifs is 2. The van der Waals surface area contributed by atoms with Crippen LogP contribution in [0.1, 0.15) is 29.9 Å². The van der Waals surface area contributed by atoms with Crippen molar-refractivity contribution in [2.24, 2.45) is 0 Å². The maximum atomic E-state index is 6.41. The van der Waals surface area contributed by atoms with E-state index in [1.165, 1.54) is 32.8 Å². The van der Waals surface area contributed by atoms with E-state index in [0.717, 1.165) is 28.9 Å². The van der Waals surface area contributed by atoms with Crippen LogP contribution in [0.15, 0.2) is 48.5 Å². The van der Waals surface area contributed by atoms with Crippen molar-refractivity contribution in [3.05, 3.63) is 69.8 Å². The predicted octanol–water partition coefficient (Wildman–Crippen LogP) is 6.97. The maximum absolute atomic E-state index is 6.41. The van der Waals surface area contributed by atoms with Gasteiger partial charge in [0.15, 0.2) is 0 Å². The van der Waals surface area contributed by atoms with E-state index in [1.54, 1.807) is 11.3 Å². The molecule has 0 aliphatic carbocycles. The van der Waals surface area contributed by atoms with Crippen LogP contribution in [0, 0.1) is 6.92 Å². The molecule has 29 heavy (non-hydrogen) atoms. The minimum Gasteiger partial charge on any atom is -0.322 e. The van der Waals surface area contributed by atoms with Crippen LogP contribution in [-0.2, 0) is 12.8 Å². The van der Waals surface area contributed by atoms with Crippen molar-refractivity contribution in [2.45, 2.75) is 39.7 Å². The monoisotopic (exact) mass is 419 g/mol. The van der Waals surface area contributed by atoms with Crippen LogP contribution < -0.4 is 4.90 Å². The molecule has 2 aromatic carbocycles. The van der Waals surface area contributed by atoms with Crippen molar-refractivity contribution in [3.63, 3.8) is 0 Å². The zero-order valence-corrected chi connectivity index (χ0v) is 18.3. The number of aromatic nitrogens is 2. The second kappa shape index (κ2) is 7.12. The fourth-order valence-electron chi connectivity index (χ4n) is 4.34. The third kappa shape index (κ3) is 3.02. The number of thiophene rings is 1. The highest BCUT2D eigenvalue weighted by atomic mass is 35.5. The fourth-order valence-corrected chi connectivity index (χ4v) is 5.68. The van der Waals surface area contributed by atoms with Crippen molar-refractivity contribution in [1.82, 2.24) is 9.97 Å².